The largest absolute Gasteiger partial charge is 0.312 e. The number of hydrogen-bond acceptors (Lipinski definition) is 2. The second-order valence-electron chi connectivity index (χ2n) is 3.82. The van der Waals surface area contributed by atoms with E-state index in [1.165, 1.54) is 25.9 Å². The van der Waals surface area contributed by atoms with Crippen molar-refractivity contribution in [1.82, 2.24) is 10.2 Å². The molecule has 1 saturated heterocycles. The van der Waals surface area contributed by atoms with Crippen LogP contribution in [0.3, 0.4) is 0 Å². The van der Waals surface area contributed by atoms with Gasteiger partial charge in [-0.3, -0.25) is 4.90 Å². The fraction of sp³-hybridized carbons (Fsp3) is 1.00. The molecule has 1 aliphatic heterocycles. The quantitative estimate of drug-likeness (QED) is 0.690. The highest BCUT2D eigenvalue weighted by Crippen LogP contribution is 2.10. The minimum absolute atomic E-state index is 0.680. The Labute approximate surface area is 76.3 Å². The van der Waals surface area contributed by atoms with E-state index in [2.05, 4.69) is 31.0 Å². The Kier molecular flexibility index (Phi) is 4.02. The zero-order valence-electron chi connectivity index (χ0n) is 8.64. The molecule has 0 aromatic carbocycles. The molecule has 0 saturated carbocycles. The van der Waals surface area contributed by atoms with Crippen molar-refractivity contribution in [3.63, 3.8) is 0 Å². The van der Waals surface area contributed by atoms with Crippen LogP contribution in [0.4, 0.5) is 0 Å². The lowest BCUT2D eigenvalue weighted by Gasteiger charge is -2.37. The first-order valence-electron chi connectivity index (χ1n) is 5.25. The summed E-state index contributed by atoms with van der Waals surface area (Å²) in [6.45, 7) is 10.5. The van der Waals surface area contributed by atoms with Gasteiger partial charge in [0.05, 0.1) is 0 Å². The molecule has 0 radical (unpaired) electrons. The lowest BCUT2D eigenvalue weighted by atomic mass is 10.1. The van der Waals surface area contributed by atoms with E-state index in [1.54, 1.807) is 0 Å². The third-order valence-electron chi connectivity index (χ3n) is 2.86. The first-order chi connectivity index (χ1) is 5.77. The molecule has 1 fully saturated rings. The van der Waals surface area contributed by atoms with Crippen molar-refractivity contribution in [2.75, 3.05) is 19.6 Å². The molecule has 0 amide bonds. The van der Waals surface area contributed by atoms with Crippen molar-refractivity contribution in [1.29, 1.82) is 0 Å². The molecule has 0 spiro atoms. The van der Waals surface area contributed by atoms with Gasteiger partial charge in [-0.05, 0) is 19.8 Å². The Bertz CT molecular complexity index is 121. The van der Waals surface area contributed by atoms with E-state index in [4.69, 9.17) is 0 Å². The van der Waals surface area contributed by atoms with Gasteiger partial charge in [0.25, 0.3) is 0 Å². The highest BCUT2D eigenvalue weighted by molar-refractivity contribution is 4.79. The standard InChI is InChI=1S/C10H22N2/c1-4-10(5-2)12-7-6-11-9(3)8-12/h9-11H,4-8H2,1-3H3. The summed E-state index contributed by atoms with van der Waals surface area (Å²) in [6.07, 6.45) is 2.59. The molecule has 2 nitrogen and oxygen atoms in total. The number of rotatable bonds is 3. The van der Waals surface area contributed by atoms with Crippen molar-refractivity contribution in [2.45, 2.75) is 45.7 Å². The molecule has 0 aromatic heterocycles. The number of hydrogen-bond donors (Lipinski definition) is 1. The van der Waals surface area contributed by atoms with E-state index in [0.717, 1.165) is 12.6 Å². The van der Waals surface area contributed by atoms with Crippen molar-refractivity contribution in [2.24, 2.45) is 0 Å². The second kappa shape index (κ2) is 4.83. The summed E-state index contributed by atoms with van der Waals surface area (Å²) < 4.78 is 0. The van der Waals surface area contributed by atoms with Crippen LogP contribution in [0, 0.1) is 0 Å². The van der Waals surface area contributed by atoms with Crippen LogP contribution in [0.25, 0.3) is 0 Å². The minimum Gasteiger partial charge on any atom is -0.312 e. The van der Waals surface area contributed by atoms with E-state index in [0.29, 0.717) is 6.04 Å². The van der Waals surface area contributed by atoms with E-state index in [-0.39, 0.29) is 0 Å². The molecule has 1 unspecified atom stereocenters. The maximum atomic E-state index is 3.47. The van der Waals surface area contributed by atoms with Crippen LogP contribution in [0.1, 0.15) is 33.6 Å². The van der Waals surface area contributed by atoms with Crippen molar-refractivity contribution >= 4 is 0 Å². The Morgan fingerprint density at radius 3 is 2.58 bits per heavy atom. The lowest BCUT2D eigenvalue weighted by molar-refractivity contribution is 0.141. The van der Waals surface area contributed by atoms with Gasteiger partial charge in [-0.15, -0.1) is 0 Å². The van der Waals surface area contributed by atoms with Crippen LogP contribution in [0.2, 0.25) is 0 Å². The third-order valence-corrected chi connectivity index (χ3v) is 2.86. The molecule has 1 heterocycles. The molecule has 1 atom stereocenters. The van der Waals surface area contributed by atoms with Gasteiger partial charge >= 0.3 is 0 Å². The lowest BCUT2D eigenvalue weighted by Crippen LogP contribution is -2.52. The third kappa shape index (κ3) is 2.46. The second-order valence-corrected chi connectivity index (χ2v) is 3.82. The summed E-state index contributed by atoms with van der Waals surface area (Å²) >= 11 is 0. The van der Waals surface area contributed by atoms with Crippen LogP contribution in [0.15, 0.2) is 0 Å². The fourth-order valence-electron chi connectivity index (χ4n) is 2.10. The molecule has 0 aromatic rings. The van der Waals surface area contributed by atoms with Crippen molar-refractivity contribution in [3.8, 4) is 0 Å². The van der Waals surface area contributed by atoms with Crippen molar-refractivity contribution < 1.29 is 0 Å². The van der Waals surface area contributed by atoms with Crippen LogP contribution in [-0.2, 0) is 0 Å². The maximum Gasteiger partial charge on any atom is 0.0167 e. The Balaban J connectivity index is 2.38. The van der Waals surface area contributed by atoms with E-state index in [9.17, 15) is 0 Å². The van der Waals surface area contributed by atoms with Crippen LogP contribution in [-0.4, -0.2) is 36.6 Å². The van der Waals surface area contributed by atoms with Gasteiger partial charge < -0.3 is 5.32 Å². The topological polar surface area (TPSA) is 15.3 Å². The number of piperazine rings is 1. The summed E-state index contributed by atoms with van der Waals surface area (Å²) in [6, 6.07) is 1.49. The minimum atomic E-state index is 0.680. The summed E-state index contributed by atoms with van der Waals surface area (Å²) in [5, 5.41) is 3.47. The Morgan fingerprint density at radius 2 is 2.08 bits per heavy atom. The first kappa shape index (κ1) is 10.0. The average Bonchev–Trinajstić information content (AvgIpc) is 2.07. The normalized spacial score (nSPS) is 26.5. The van der Waals surface area contributed by atoms with Gasteiger partial charge in [-0.1, -0.05) is 13.8 Å². The maximum absolute atomic E-state index is 3.47. The highest BCUT2D eigenvalue weighted by Gasteiger charge is 2.20. The summed E-state index contributed by atoms with van der Waals surface area (Å²) in [4.78, 5) is 2.63. The summed E-state index contributed by atoms with van der Waals surface area (Å²) in [5.41, 5.74) is 0. The zero-order valence-corrected chi connectivity index (χ0v) is 8.64. The molecule has 72 valence electrons. The monoisotopic (exact) mass is 170 g/mol. The summed E-state index contributed by atoms with van der Waals surface area (Å²) in [7, 11) is 0. The fourth-order valence-corrected chi connectivity index (χ4v) is 2.10. The van der Waals surface area contributed by atoms with Gasteiger partial charge in [0, 0.05) is 31.7 Å². The van der Waals surface area contributed by atoms with Crippen LogP contribution >= 0.6 is 0 Å². The molecular weight excluding hydrogens is 148 g/mol. The van der Waals surface area contributed by atoms with E-state index >= 15 is 0 Å². The van der Waals surface area contributed by atoms with E-state index < -0.39 is 0 Å². The number of nitrogens with zero attached hydrogens (tertiary/aromatic N) is 1. The zero-order chi connectivity index (χ0) is 8.97. The van der Waals surface area contributed by atoms with Gasteiger partial charge in [0.15, 0.2) is 0 Å². The Hall–Kier alpha value is -0.0800. The van der Waals surface area contributed by atoms with Gasteiger partial charge in [0.2, 0.25) is 0 Å². The van der Waals surface area contributed by atoms with Gasteiger partial charge in [-0.25, -0.2) is 0 Å². The van der Waals surface area contributed by atoms with Crippen molar-refractivity contribution in [3.05, 3.63) is 0 Å². The van der Waals surface area contributed by atoms with Gasteiger partial charge in [-0.2, -0.15) is 0 Å². The van der Waals surface area contributed by atoms with Crippen LogP contribution in [0.5, 0.6) is 0 Å². The number of nitrogens with one attached hydrogen (secondary N) is 1. The molecule has 0 aliphatic carbocycles. The molecule has 1 aliphatic rings. The predicted octanol–water partition coefficient (Wildman–Crippen LogP) is 1.47. The smallest absolute Gasteiger partial charge is 0.0167 e. The average molecular weight is 170 g/mol. The predicted molar refractivity (Wildman–Crippen MR) is 53.4 cm³/mol. The molecule has 1 rings (SSSR count). The Morgan fingerprint density at radius 1 is 1.42 bits per heavy atom. The van der Waals surface area contributed by atoms with E-state index in [1.807, 2.05) is 0 Å². The summed E-state index contributed by atoms with van der Waals surface area (Å²) in [5.74, 6) is 0. The first-order valence-corrected chi connectivity index (χ1v) is 5.25. The van der Waals surface area contributed by atoms with Gasteiger partial charge in [0.1, 0.15) is 0 Å². The molecule has 12 heavy (non-hydrogen) atoms. The molecule has 1 N–H and O–H groups in total. The molecule has 0 bridgehead atoms. The molecular formula is C10H22N2. The molecule has 2 heteroatoms. The highest BCUT2D eigenvalue weighted by atomic mass is 15.2. The van der Waals surface area contributed by atoms with Crippen LogP contribution < -0.4 is 5.32 Å². The SMILES string of the molecule is CCC(CC)N1CCNC(C)C1.